The van der Waals surface area contributed by atoms with Gasteiger partial charge in [-0.1, -0.05) is 263 Å². The molecule has 0 fully saturated rings. The Morgan fingerprint density at radius 2 is 0.866 bits per heavy atom. The Hall–Kier alpha value is -1.02. The number of aliphatic hydroxyl groups is 1. The van der Waals surface area contributed by atoms with Crippen LogP contribution >= 0.6 is 7.82 Å². The largest absolute Gasteiger partial charge is 0.756 e. The molecule has 0 spiro atoms. The van der Waals surface area contributed by atoms with E-state index in [1.165, 1.54) is 218 Å². The van der Waals surface area contributed by atoms with Crippen LogP contribution in [0.25, 0.3) is 0 Å². The Labute approximate surface area is 417 Å². The Morgan fingerprint density at radius 3 is 1.24 bits per heavy atom. The van der Waals surface area contributed by atoms with E-state index in [-0.39, 0.29) is 19.1 Å². The molecule has 0 aliphatic carbocycles. The maximum absolute atomic E-state index is 12.9. The number of allylic oxidation sites excluding steroid dienone is 4. The minimum absolute atomic E-state index is 0.0145. The van der Waals surface area contributed by atoms with Crippen LogP contribution in [0, 0.1) is 0 Å². The second kappa shape index (κ2) is 49.9. The maximum Gasteiger partial charge on any atom is 0.268 e. The van der Waals surface area contributed by atoms with Crippen LogP contribution in [-0.2, 0) is 18.4 Å². The molecule has 0 rings (SSSR count). The standard InChI is InChI=1S/C58H115N2O6P/c1-6-8-10-12-14-16-18-19-20-21-22-23-24-25-26-27-28-29-30-31-32-33-34-35-36-37-38-39-40-41-42-44-46-48-50-52-58(62)59-56(55-66-67(63,64)65-54-53-60(3,4)5)57(61)51-49-47-45-43-17-15-13-11-9-7-2/h18-19,21-22,56-57,61H,6-17,20,23-55H2,1-5H3,(H-,59,62,63,64)/b19-18-,22-21-. The fourth-order valence-electron chi connectivity index (χ4n) is 8.84. The van der Waals surface area contributed by atoms with E-state index >= 15 is 0 Å². The molecule has 0 aromatic carbocycles. The second-order valence-electron chi connectivity index (χ2n) is 21.4. The van der Waals surface area contributed by atoms with E-state index in [1.807, 2.05) is 21.1 Å². The summed E-state index contributed by atoms with van der Waals surface area (Å²) in [5.74, 6) is -0.161. The zero-order valence-electron chi connectivity index (χ0n) is 45.4. The van der Waals surface area contributed by atoms with Crippen LogP contribution in [0.1, 0.15) is 290 Å². The first kappa shape index (κ1) is 66.0. The predicted octanol–water partition coefficient (Wildman–Crippen LogP) is 17.0. The number of unbranched alkanes of at least 4 members (excludes halogenated alkanes) is 37. The second-order valence-corrected chi connectivity index (χ2v) is 22.8. The van der Waals surface area contributed by atoms with Crippen LogP contribution in [0.15, 0.2) is 24.3 Å². The van der Waals surface area contributed by atoms with Crippen molar-refractivity contribution < 1.29 is 32.9 Å². The van der Waals surface area contributed by atoms with E-state index in [1.54, 1.807) is 0 Å². The van der Waals surface area contributed by atoms with Gasteiger partial charge in [-0.05, 0) is 44.9 Å². The van der Waals surface area contributed by atoms with Crippen molar-refractivity contribution in [2.75, 3.05) is 40.9 Å². The van der Waals surface area contributed by atoms with Crippen molar-refractivity contribution >= 4 is 13.7 Å². The van der Waals surface area contributed by atoms with Crippen LogP contribution in [0.2, 0.25) is 0 Å². The highest BCUT2D eigenvalue weighted by Gasteiger charge is 2.24. The van der Waals surface area contributed by atoms with Crippen LogP contribution < -0.4 is 10.2 Å². The lowest BCUT2D eigenvalue weighted by Gasteiger charge is -2.30. The zero-order valence-corrected chi connectivity index (χ0v) is 46.3. The number of phosphoric acid groups is 1. The fourth-order valence-corrected chi connectivity index (χ4v) is 9.56. The summed E-state index contributed by atoms with van der Waals surface area (Å²) in [6, 6.07) is -0.795. The monoisotopic (exact) mass is 967 g/mol. The molecule has 0 aliphatic rings. The minimum atomic E-state index is -4.56. The Balaban J connectivity index is 3.85. The van der Waals surface area contributed by atoms with E-state index in [2.05, 4.69) is 43.5 Å². The number of amides is 1. The van der Waals surface area contributed by atoms with Gasteiger partial charge in [0.15, 0.2) is 0 Å². The first-order valence-corrected chi connectivity index (χ1v) is 30.6. The number of likely N-dealkylation sites (N-methyl/N-ethyl adjacent to an activating group) is 1. The lowest BCUT2D eigenvalue weighted by atomic mass is 10.0. The molecule has 0 aliphatic heterocycles. The number of carbonyl (C=O) groups excluding carboxylic acids is 1. The smallest absolute Gasteiger partial charge is 0.268 e. The Kier molecular flexibility index (Phi) is 49.2. The molecule has 3 atom stereocenters. The third-order valence-corrected chi connectivity index (χ3v) is 14.4. The first-order valence-electron chi connectivity index (χ1n) is 29.2. The summed E-state index contributed by atoms with van der Waals surface area (Å²) in [6.07, 6.45) is 62.4. The van der Waals surface area contributed by atoms with E-state index in [9.17, 15) is 19.4 Å². The first-order chi connectivity index (χ1) is 32.5. The fraction of sp³-hybridized carbons (Fsp3) is 0.914. The van der Waals surface area contributed by atoms with Gasteiger partial charge in [-0.25, -0.2) is 0 Å². The molecule has 398 valence electrons. The zero-order chi connectivity index (χ0) is 49.2. The van der Waals surface area contributed by atoms with Gasteiger partial charge in [-0.2, -0.15) is 0 Å². The predicted molar refractivity (Wildman–Crippen MR) is 289 cm³/mol. The van der Waals surface area contributed by atoms with Crippen LogP contribution in [0.5, 0.6) is 0 Å². The maximum atomic E-state index is 12.9. The Morgan fingerprint density at radius 1 is 0.522 bits per heavy atom. The third kappa shape index (κ3) is 52.6. The molecule has 0 bridgehead atoms. The van der Waals surface area contributed by atoms with E-state index in [0.29, 0.717) is 23.9 Å². The number of aliphatic hydroxyl groups excluding tert-OH is 1. The molecule has 0 aromatic heterocycles. The number of nitrogens with zero attached hydrogens (tertiary/aromatic N) is 1. The molecule has 0 radical (unpaired) electrons. The molecule has 0 saturated carbocycles. The van der Waals surface area contributed by atoms with Crippen molar-refractivity contribution in [3.8, 4) is 0 Å². The van der Waals surface area contributed by atoms with Crippen LogP contribution in [-0.4, -0.2) is 68.5 Å². The van der Waals surface area contributed by atoms with Gasteiger partial charge in [0, 0.05) is 6.42 Å². The molecular weight excluding hydrogens is 852 g/mol. The number of hydrogen-bond donors (Lipinski definition) is 2. The summed E-state index contributed by atoms with van der Waals surface area (Å²) in [7, 11) is 1.32. The third-order valence-electron chi connectivity index (χ3n) is 13.4. The Bertz CT molecular complexity index is 1140. The van der Waals surface area contributed by atoms with Gasteiger partial charge in [0.1, 0.15) is 13.2 Å². The number of rotatable bonds is 54. The molecule has 9 heteroatoms. The quantitative estimate of drug-likeness (QED) is 0.0272. The summed E-state index contributed by atoms with van der Waals surface area (Å²) in [4.78, 5) is 25.4. The van der Waals surface area contributed by atoms with Crippen molar-refractivity contribution in [1.29, 1.82) is 0 Å². The van der Waals surface area contributed by atoms with Gasteiger partial charge in [-0.3, -0.25) is 9.36 Å². The highest BCUT2D eigenvalue weighted by atomic mass is 31.2. The molecule has 0 saturated heterocycles. The van der Waals surface area contributed by atoms with Gasteiger partial charge < -0.3 is 28.8 Å². The molecule has 2 N–H and O–H groups in total. The molecular formula is C58H115N2O6P. The molecule has 8 nitrogen and oxygen atoms in total. The highest BCUT2D eigenvalue weighted by molar-refractivity contribution is 7.45. The summed E-state index contributed by atoms with van der Waals surface area (Å²) in [5.41, 5.74) is 0. The number of quaternary nitrogens is 1. The average Bonchev–Trinajstić information content (AvgIpc) is 3.29. The van der Waals surface area contributed by atoms with Gasteiger partial charge in [-0.15, -0.1) is 0 Å². The molecule has 0 heterocycles. The molecule has 1 amide bonds. The number of carbonyl (C=O) groups is 1. The van der Waals surface area contributed by atoms with Gasteiger partial charge >= 0.3 is 0 Å². The van der Waals surface area contributed by atoms with Crippen LogP contribution in [0.4, 0.5) is 0 Å². The van der Waals surface area contributed by atoms with Crippen molar-refractivity contribution in [3.63, 3.8) is 0 Å². The lowest BCUT2D eigenvalue weighted by Crippen LogP contribution is -2.46. The average molecular weight is 968 g/mol. The lowest BCUT2D eigenvalue weighted by molar-refractivity contribution is -0.870. The summed E-state index contributed by atoms with van der Waals surface area (Å²) < 4.78 is 23.3. The normalized spacial score (nSPS) is 14.1. The van der Waals surface area contributed by atoms with Crippen molar-refractivity contribution in [2.45, 2.75) is 302 Å². The van der Waals surface area contributed by atoms with Crippen LogP contribution in [0.3, 0.4) is 0 Å². The molecule has 67 heavy (non-hydrogen) atoms. The molecule has 3 unspecified atom stereocenters. The molecule has 0 aromatic rings. The summed E-state index contributed by atoms with van der Waals surface area (Å²) >= 11 is 0. The summed E-state index contributed by atoms with van der Waals surface area (Å²) in [5, 5.41) is 13.9. The highest BCUT2D eigenvalue weighted by Crippen LogP contribution is 2.38. The van der Waals surface area contributed by atoms with E-state index < -0.39 is 20.0 Å². The summed E-state index contributed by atoms with van der Waals surface area (Å²) in [6.45, 7) is 4.72. The van der Waals surface area contributed by atoms with Gasteiger partial charge in [0.2, 0.25) is 5.91 Å². The topological polar surface area (TPSA) is 108 Å². The van der Waals surface area contributed by atoms with Crippen molar-refractivity contribution in [3.05, 3.63) is 24.3 Å². The SMILES string of the molecule is CCCCCCC/C=C\C/C=C\CCCCCCCCCCCCCCCCCCCCCCCCCC(=O)NC(COP(=O)([O-])OCC[N+](C)(C)C)C(O)CCCCCCCCCCCC. The number of phosphoric ester groups is 1. The minimum Gasteiger partial charge on any atom is -0.756 e. The van der Waals surface area contributed by atoms with E-state index in [4.69, 9.17) is 9.05 Å². The van der Waals surface area contributed by atoms with Gasteiger partial charge in [0.05, 0.1) is 39.9 Å². The van der Waals surface area contributed by atoms with Crippen molar-refractivity contribution in [2.24, 2.45) is 0 Å². The van der Waals surface area contributed by atoms with E-state index in [0.717, 1.165) is 44.9 Å². The number of nitrogens with one attached hydrogen (secondary N) is 1. The van der Waals surface area contributed by atoms with Crippen molar-refractivity contribution in [1.82, 2.24) is 5.32 Å². The number of hydrogen-bond acceptors (Lipinski definition) is 6. The van der Waals surface area contributed by atoms with Gasteiger partial charge in [0.25, 0.3) is 7.82 Å².